The molecule has 0 unspecified atom stereocenters. The second-order valence-electron chi connectivity index (χ2n) is 7.31. The number of hydrogen-bond donors (Lipinski definition) is 0. The molecule has 1 amide bonds. The van der Waals surface area contributed by atoms with Gasteiger partial charge in [0, 0.05) is 36.2 Å². The largest absolute Gasteiger partial charge is 0.331 e. The minimum absolute atomic E-state index is 0.0940. The van der Waals surface area contributed by atoms with Crippen LogP contribution in [0.5, 0.6) is 0 Å². The summed E-state index contributed by atoms with van der Waals surface area (Å²) in [6.07, 6.45) is 5.76. The fourth-order valence-corrected chi connectivity index (χ4v) is 3.42. The van der Waals surface area contributed by atoms with Crippen molar-refractivity contribution < 1.29 is 4.79 Å². The fourth-order valence-electron chi connectivity index (χ4n) is 3.42. The van der Waals surface area contributed by atoms with Gasteiger partial charge in [0.15, 0.2) is 0 Å². The van der Waals surface area contributed by atoms with E-state index in [1.165, 1.54) is 0 Å². The molecule has 4 rings (SSSR count). The Hall–Kier alpha value is -2.95. The molecule has 5 heteroatoms. The Morgan fingerprint density at radius 1 is 1.15 bits per heavy atom. The van der Waals surface area contributed by atoms with Crippen molar-refractivity contribution in [1.82, 2.24) is 19.7 Å². The first kappa shape index (κ1) is 17.5. The number of carbonyl (C=O) groups excluding carboxylic acids is 1. The molecule has 2 heterocycles. The van der Waals surface area contributed by atoms with Gasteiger partial charge in [-0.15, -0.1) is 0 Å². The Morgan fingerprint density at radius 3 is 2.63 bits per heavy atom. The van der Waals surface area contributed by atoms with E-state index in [4.69, 9.17) is 0 Å². The standard InChI is InChI=1S/C22H24N4O/c1-16-11-17(2)26(24-16)15-18-5-3-7-20(12-18)22(27)25(21-8-9-21)14-19-6-4-10-23-13-19/h3-7,10-13,21H,8-9,14-15H2,1-2H3. The summed E-state index contributed by atoms with van der Waals surface area (Å²) in [5.41, 5.74) is 5.03. The molecule has 0 N–H and O–H groups in total. The van der Waals surface area contributed by atoms with Crippen molar-refractivity contribution in [3.63, 3.8) is 0 Å². The summed E-state index contributed by atoms with van der Waals surface area (Å²) in [5, 5.41) is 4.52. The molecule has 5 nitrogen and oxygen atoms in total. The highest BCUT2D eigenvalue weighted by Gasteiger charge is 2.33. The summed E-state index contributed by atoms with van der Waals surface area (Å²) < 4.78 is 1.98. The van der Waals surface area contributed by atoms with Crippen molar-refractivity contribution in [3.8, 4) is 0 Å². The van der Waals surface area contributed by atoms with Gasteiger partial charge in [-0.05, 0) is 62.1 Å². The number of amides is 1. The van der Waals surface area contributed by atoms with Gasteiger partial charge in [0.2, 0.25) is 0 Å². The van der Waals surface area contributed by atoms with E-state index in [9.17, 15) is 4.79 Å². The Labute approximate surface area is 159 Å². The minimum Gasteiger partial charge on any atom is -0.331 e. The van der Waals surface area contributed by atoms with Crippen LogP contribution < -0.4 is 0 Å². The molecule has 0 atom stereocenters. The number of carbonyl (C=O) groups is 1. The molecule has 2 aromatic heterocycles. The molecule has 138 valence electrons. The molecule has 27 heavy (non-hydrogen) atoms. The first-order valence-electron chi connectivity index (χ1n) is 9.40. The molecule has 0 aliphatic heterocycles. The van der Waals surface area contributed by atoms with Gasteiger partial charge in [-0.25, -0.2) is 0 Å². The molecule has 0 bridgehead atoms. The summed E-state index contributed by atoms with van der Waals surface area (Å²) in [7, 11) is 0. The van der Waals surface area contributed by atoms with Crippen molar-refractivity contribution in [1.29, 1.82) is 0 Å². The van der Waals surface area contributed by atoms with Gasteiger partial charge in [0.25, 0.3) is 5.91 Å². The average molecular weight is 360 g/mol. The van der Waals surface area contributed by atoms with Crippen LogP contribution in [0.2, 0.25) is 0 Å². The summed E-state index contributed by atoms with van der Waals surface area (Å²) in [4.78, 5) is 19.3. The fraction of sp³-hybridized carbons (Fsp3) is 0.318. The SMILES string of the molecule is Cc1cc(C)n(Cc2cccc(C(=O)N(Cc3cccnc3)C3CC3)c2)n1. The maximum Gasteiger partial charge on any atom is 0.254 e. The monoisotopic (exact) mass is 360 g/mol. The number of pyridine rings is 1. The van der Waals surface area contributed by atoms with Crippen LogP contribution in [0.25, 0.3) is 0 Å². The van der Waals surface area contributed by atoms with Crippen molar-refractivity contribution in [2.24, 2.45) is 0 Å². The maximum absolute atomic E-state index is 13.2. The molecule has 1 aliphatic rings. The van der Waals surface area contributed by atoms with Crippen LogP contribution in [0.15, 0.2) is 54.9 Å². The third kappa shape index (κ3) is 4.08. The number of benzene rings is 1. The smallest absolute Gasteiger partial charge is 0.254 e. The van der Waals surface area contributed by atoms with Crippen molar-refractivity contribution in [2.45, 2.75) is 45.8 Å². The highest BCUT2D eigenvalue weighted by Crippen LogP contribution is 2.30. The van der Waals surface area contributed by atoms with Gasteiger partial charge in [-0.2, -0.15) is 5.10 Å². The first-order valence-corrected chi connectivity index (χ1v) is 9.40. The topological polar surface area (TPSA) is 51.0 Å². The zero-order chi connectivity index (χ0) is 18.8. The maximum atomic E-state index is 13.2. The minimum atomic E-state index is 0.0940. The van der Waals surface area contributed by atoms with Gasteiger partial charge < -0.3 is 4.90 Å². The lowest BCUT2D eigenvalue weighted by Crippen LogP contribution is -2.32. The molecule has 1 saturated carbocycles. The molecule has 1 aliphatic carbocycles. The molecule has 1 aromatic carbocycles. The van der Waals surface area contributed by atoms with E-state index < -0.39 is 0 Å². The molecule has 0 spiro atoms. The molecule has 3 aromatic rings. The zero-order valence-corrected chi connectivity index (χ0v) is 15.8. The van der Waals surface area contributed by atoms with Crippen LogP contribution >= 0.6 is 0 Å². The number of rotatable bonds is 6. The predicted octanol–water partition coefficient (Wildman–Crippen LogP) is 3.75. The highest BCUT2D eigenvalue weighted by molar-refractivity contribution is 5.94. The Balaban J connectivity index is 1.54. The number of aryl methyl sites for hydroxylation is 2. The van der Waals surface area contributed by atoms with E-state index >= 15 is 0 Å². The van der Waals surface area contributed by atoms with Gasteiger partial charge in [0.1, 0.15) is 0 Å². The van der Waals surface area contributed by atoms with Crippen LogP contribution in [0, 0.1) is 13.8 Å². The Bertz CT molecular complexity index is 944. The lowest BCUT2D eigenvalue weighted by Gasteiger charge is -2.23. The Kier molecular flexibility index (Phi) is 4.75. The number of hydrogen-bond acceptors (Lipinski definition) is 3. The van der Waals surface area contributed by atoms with Gasteiger partial charge in [-0.1, -0.05) is 18.2 Å². The molecule has 1 fully saturated rings. The van der Waals surface area contributed by atoms with Crippen molar-refractivity contribution >= 4 is 5.91 Å². The third-order valence-corrected chi connectivity index (χ3v) is 4.93. The third-order valence-electron chi connectivity index (χ3n) is 4.93. The summed E-state index contributed by atoms with van der Waals surface area (Å²) in [5.74, 6) is 0.0940. The Morgan fingerprint density at radius 2 is 1.96 bits per heavy atom. The van der Waals surface area contributed by atoms with Crippen molar-refractivity contribution in [3.05, 3.63) is 82.9 Å². The molecule has 0 radical (unpaired) electrons. The summed E-state index contributed by atoms with van der Waals surface area (Å²) >= 11 is 0. The predicted molar refractivity (Wildman–Crippen MR) is 104 cm³/mol. The highest BCUT2D eigenvalue weighted by atomic mass is 16.2. The van der Waals surface area contributed by atoms with E-state index in [0.717, 1.165) is 40.9 Å². The second-order valence-corrected chi connectivity index (χ2v) is 7.31. The van der Waals surface area contributed by atoms with Gasteiger partial charge in [-0.3, -0.25) is 14.5 Å². The number of nitrogens with zero attached hydrogens (tertiary/aromatic N) is 4. The normalized spacial score (nSPS) is 13.6. The van der Waals surface area contributed by atoms with Gasteiger partial charge >= 0.3 is 0 Å². The average Bonchev–Trinajstić information content (AvgIpc) is 3.46. The quantitative estimate of drug-likeness (QED) is 0.673. The first-order chi connectivity index (χ1) is 13.1. The van der Waals surface area contributed by atoms with Crippen LogP contribution in [0.4, 0.5) is 0 Å². The number of aromatic nitrogens is 3. The van der Waals surface area contributed by atoms with Crippen LogP contribution in [0.3, 0.4) is 0 Å². The van der Waals surface area contributed by atoms with E-state index in [-0.39, 0.29) is 5.91 Å². The molecular weight excluding hydrogens is 336 g/mol. The van der Waals surface area contributed by atoms with Crippen LogP contribution in [-0.4, -0.2) is 31.6 Å². The zero-order valence-electron chi connectivity index (χ0n) is 15.8. The summed E-state index contributed by atoms with van der Waals surface area (Å²) in [6, 6.07) is 14.3. The summed E-state index contributed by atoms with van der Waals surface area (Å²) in [6.45, 7) is 5.33. The molecular formula is C22H24N4O. The van der Waals surface area contributed by atoms with E-state index in [0.29, 0.717) is 19.1 Å². The lowest BCUT2D eigenvalue weighted by atomic mass is 10.1. The van der Waals surface area contributed by atoms with Crippen molar-refractivity contribution in [2.75, 3.05) is 0 Å². The molecule has 0 saturated heterocycles. The van der Waals surface area contributed by atoms with E-state index in [1.807, 2.05) is 53.0 Å². The lowest BCUT2D eigenvalue weighted by molar-refractivity contribution is 0.0729. The van der Waals surface area contributed by atoms with Crippen LogP contribution in [0.1, 0.15) is 45.7 Å². The van der Waals surface area contributed by atoms with Crippen LogP contribution in [-0.2, 0) is 13.1 Å². The van der Waals surface area contributed by atoms with E-state index in [2.05, 4.69) is 29.1 Å². The van der Waals surface area contributed by atoms with Gasteiger partial charge in [0.05, 0.1) is 12.2 Å². The second kappa shape index (κ2) is 7.35. The van der Waals surface area contributed by atoms with E-state index in [1.54, 1.807) is 6.20 Å².